The summed E-state index contributed by atoms with van der Waals surface area (Å²) in [5, 5.41) is 3.83. The van der Waals surface area contributed by atoms with E-state index in [1.807, 2.05) is 13.8 Å². The third-order valence-corrected chi connectivity index (χ3v) is 2.26. The van der Waals surface area contributed by atoms with Crippen LogP contribution in [-0.4, -0.2) is 30.9 Å². The normalized spacial score (nSPS) is 14.2. The molecule has 0 aliphatic carbocycles. The van der Waals surface area contributed by atoms with Crippen molar-refractivity contribution in [1.82, 2.24) is 10.1 Å². The van der Waals surface area contributed by atoms with Gasteiger partial charge in [0.25, 0.3) is 5.89 Å². The summed E-state index contributed by atoms with van der Waals surface area (Å²) >= 11 is 0. The SMILES string of the molecule is COC(CN)c1nc(C(C)(C)OC)no1. The van der Waals surface area contributed by atoms with E-state index in [1.54, 1.807) is 14.2 Å². The molecule has 1 atom stereocenters. The number of hydrogen-bond acceptors (Lipinski definition) is 6. The number of aromatic nitrogens is 2. The average molecular weight is 215 g/mol. The molecule has 0 saturated carbocycles. The van der Waals surface area contributed by atoms with Gasteiger partial charge in [-0.25, -0.2) is 0 Å². The van der Waals surface area contributed by atoms with Crippen molar-refractivity contribution >= 4 is 0 Å². The lowest BCUT2D eigenvalue weighted by Gasteiger charge is -2.17. The lowest BCUT2D eigenvalue weighted by molar-refractivity contribution is 0.00972. The monoisotopic (exact) mass is 215 g/mol. The molecule has 0 aromatic carbocycles. The van der Waals surface area contributed by atoms with Crippen LogP contribution in [0.5, 0.6) is 0 Å². The quantitative estimate of drug-likeness (QED) is 0.774. The van der Waals surface area contributed by atoms with Gasteiger partial charge in [0.15, 0.2) is 0 Å². The highest BCUT2D eigenvalue weighted by molar-refractivity contribution is 4.99. The van der Waals surface area contributed by atoms with Crippen molar-refractivity contribution in [3.05, 3.63) is 11.7 Å². The number of nitrogens with two attached hydrogens (primary N) is 1. The molecule has 86 valence electrons. The molecule has 0 spiro atoms. The van der Waals surface area contributed by atoms with E-state index < -0.39 is 5.60 Å². The van der Waals surface area contributed by atoms with Crippen LogP contribution in [0.15, 0.2) is 4.52 Å². The zero-order valence-electron chi connectivity index (χ0n) is 9.48. The summed E-state index contributed by atoms with van der Waals surface area (Å²) in [5.74, 6) is 0.857. The van der Waals surface area contributed by atoms with Gasteiger partial charge in [-0.1, -0.05) is 5.16 Å². The number of nitrogens with zero attached hydrogens (tertiary/aromatic N) is 2. The van der Waals surface area contributed by atoms with Gasteiger partial charge in [0.2, 0.25) is 5.82 Å². The van der Waals surface area contributed by atoms with Crippen LogP contribution in [0.2, 0.25) is 0 Å². The molecule has 15 heavy (non-hydrogen) atoms. The average Bonchev–Trinajstić information content (AvgIpc) is 2.70. The van der Waals surface area contributed by atoms with Crippen molar-refractivity contribution in [3.63, 3.8) is 0 Å². The van der Waals surface area contributed by atoms with Crippen LogP contribution in [0.1, 0.15) is 31.7 Å². The highest BCUT2D eigenvalue weighted by Crippen LogP contribution is 2.22. The first kappa shape index (κ1) is 12.1. The summed E-state index contributed by atoms with van der Waals surface area (Å²) in [6.07, 6.45) is -0.362. The van der Waals surface area contributed by atoms with Gasteiger partial charge >= 0.3 is 0 Å². The molecule has 0 fully saturated rings. The predicted molar refractivity (Wildman–Crippen MR) is 53.1 cm³/mol. The van der Waals surface area contributed by atoms with Gasteiger partial charge in [0, 0.05) is 20.8 Å². The van der Waals surface area contributed by atoms with Crippen LogP contribution >= 0.6 is 0 Å². The third kappa shape index (κ3) is 2.53. The van der Waals surface area contributed by atoms with Gasteiger partial charge in [-0.15, -0.1) is 0 Å². The molecule has 0 bridgehead atoms. The molecule has 0 aliphatic rings. The first-order chi connectivity index (χ1) is 7.05. The fraction of sp³-hybridized carbons (Fsp3) is 0.778. The Balaban J connectivity index is 2.89. The highest BCUT2D eigenvalue weighted by Gasteiger charge is 2.28. The molecule has 1 rings (SSSR count). The number of rotatable bonds is 5. The van der Waals surface area contributed by atoms with E-state index in [9.17, 15) is 0 Å². The van der Waals surface area contributed by atoms with Gasteiger partial charge in [-0.05, 0) is 13.8 Å². The molecule has 0 radical (unpaired) electrons. The molecule has 2 N–H and O–H groups in total. The minimum Gasteiger partial charge on any atom is -0.371 e. The molecular weight excluding hydrogens is 198 g/mol. The first-order valence-corrected chi connectivity index (χ1v) is 4.67. The highest BCUT2D eigenvalue weighted by atomic mass is 16.5. The molecular formula is C9H17N3O3. The molecule has 6 nitrogen and oxygen atoms in total. The van der Waals surface area contributed by atoms with Crippen LogP contribution in [-0.2, 0) is 15.1 Å². The Labute approximate surface area is 88.7 Å². The van der Waals surface area contributed by atoms with Crippen molar-refractivity contribution < 1.29 is 14.0 Å². The Kier molecular flexibility index (Phi) is 3.78. The Morgan fingerprint density at radius 2 is 2.13 bits per heavy atom. The van der Waals surface area contributed by atoms with E-state index in [0.29, 0.717) is 18.3 Å². The summed E-state index contributed by atoms with van der Waals surface area (Å²) in [7, 11) is 3.13. The fourth-order valence-electron chi connectivity index (χ4n) is 1.000. The molecule has 0 amide bonds. The summed E-state index contributed by atoms with van der Waals surface area (Å²) < 4.78 is 15.4. The summed E-state index contributed by atoms with van der Waals surface area (Å²) in [4.78, 5) is 4.19. The van der Waals surface area contributed by atoms with Crippen molar-refractivity contribution in [2.24, 2.45) is 5.73 Å². The zero-order valence-corrected chi connectivity index (χ0v) is 9.48. The molecule has 6 heteroatoms. The van der Waals surface area contributed by atoms with E-state index >= 15 is 0 Å². The van der Waals surface area contributed by atoms with E-state index in [2.05, 4.69) is 10.1 Å². The molecule has 0 saturated heterocycles. The minimum atomic E-state index is -0.575. The fourth-order valence-corrected chi connectivity index (χ4v) is 1.000. The van der Waals surface area contributed by atoms with Gasteiger partial charge in [-0.2, -0.15) is 4.98 Å². The Hall–Kier alpha value is -0.980. The maximum absolute atomic E-state index is 5.48. The van der Waals surface area contributed by atoms with E-state index in [-0.39, 0.29) is 6.10 Å². The molecule has 1 unspecified atom stereocenters. The number of ether oxygens (including phenoxy) is 2. The lowest BCUT2D eigenvalue weighted by atomic mass is 10.1. The topological polar surface area (TPSA) is 83.4 Å². The maximum Gasteiger partial charge on any atom is 0.257 e. The molecule has 0 aliphatic heterocycles. The predicted octanol–water partition coefficient (Wildman–Crippen LogP) is 0.597. The summed E-state index contributed by atoms with van der Waals surface area (Å²) in [5.41, 5.74) is 4.91. The van der Waals surface area contributed by atoms with Crippen LogP contribution in [0.4, 0.5) is 0 Å². The third-order valence-electron chi connectivity index (χ3n) is 2.26. The number of methoxy groups -OCH3 is 2. The van der Waals surface area contributed by atoms with E-state index in [0.717, 1.165) is 0 Å². The van der Waals surface area contributed by atoms with Crippen LogP contribution in [0.3, 0.4) is 0 Å². The second-order valence-corrected chi connectivity index (χ2v) is 3.63. The van der Waals surface area contributed by atoms with Gasteiger partial charge in [-0.3, -0.25) is 0 Å². The van der Waals surface area contributed by atoms with Gasteiger partial charge < -0.3 is 19.7 Å². The second kappa shape index (κ2) is 4.69. The Bertz CT molecular complexity index is 307. The van der Waals surface area contributed by atoms with Crippen LogP contribution in [0.25, 0.3) is 0 Å². The van der Waals surface area contributed by atoms with Crippen molar-refractivity contribution in [2.75, 3.05) is 20.8 Å². The summed E-state index contributed by atoms with van der Waals surface area (Å²) in [6.45, 7) is 4.00. The van der Waals surface area contributed by atoms with Crippen molar-refractivity contribution in [2.45, 2.75) is 25.6 Å². The first-order valence-electron chi connectivity index (χ1n) is 4.67. The largest absolute Gasteiger partial charge is 0.371 e. The molecule has 1 aromatic heterocycles. The zero-order chi connectivity index (χ0) is 11.5. The van der Waals surface area contributed by atoms with Gasteiger partial charge in [0.05, 0.1) is 0 Å². The van der Waals surface area contributed by atoms with Crippen molar-refractivity contribution in [3.8, 4) is 0 Å². The minimum absolute atomic E-state index is 0.297. The maximum atomic E-state index is 5.48. The van der Waals surface area contributed by atoms with Gasteiger partial charge in [0.1, 0.15) is 11.7 Å². The smallest absolute Gasteiger partial charge is 0.257 e. The summed E-state index contributed by atoms with van der Waals surface area (Å²) in [6, 6.07) is 0. The second-order valence-electron chi connectivity index (χ2n) is 3.63. The lowest BCUT2D eigenvalue weighted by Crippen LogP contribution is -2.21. The van der Waals surface area contributed by atoms with Crippen molar-refractivity contribution in [1.29, 1.82) is 0 Å². The number of hydrogen-bond donors (Lipinski definition) is 1. The standard InChI is InChI=1S/C9H17N3O3/c1-9(2,14-4)8-11-7(15-12-8)6(5-10)13-3/h6H,5,10H2,1-4H3. The molecule has 1 heterocycles. The van der Waals surface area contributed by atoms with Crippen LogP contribution < -0.4 is 5.73 Å². The van der Waals surface area contributed by atoms with E-state index in [4.69, 9.17) is 19.7 Å². The Morgan fingerprint density at radius 3 is 2.60 bits per heavy atom. The van der Waals surface area contributed by atoms with Crippen LogP contribution in [0, 0.1) is 0 Å². The molecule has 1 aromatic rings. The van der Waals surface area contributed by atoms with E-state index in [1.165, 1.54) is 0 Å². The Morgan fingerprint density at radius 1 is 1.47 bits per heavy atom.